The number of carboxylic acids is 2. The fourth-order valence-corrected chi connectivity index (χ4v) is 0.896. The molecule has 0 spiro atoms. The van der Waals surface area contributed by atoms with Gasteiger partial charge in [0, 0.05) is 6.08 Å². The number of nitrogens with zero attached hydrogens (tertiary/aromatic N) is 1. The summed E-state index contributed by atoms with van der Waals surface area (Å²) in [5, 5.41) is 22.9. The van der Waals surface area contributed by atoms with Gasteiger partial charge in [-0.15, -0.1) is 0 Å². The molecule has 0 aliphatic carbocycles. The first-order valence-corrected chi connectivity index (χ1v) is 3.71. The smallest absolute Gasteiger partial charge is 0.356 e. The number of hydrogen-bond donors (Lipinski definition) is 3. The maximum Gasteiger partial charge on any atom is 0.356 e. The summed E-state index contributed by atoms with van der Waals surface area (Å²) >= 11 is 0. The van der Waals surface area contributed by atoms with E-state index in [1.807, 2.05) is 0 Å². The molecule has 0 aromatic carbocycles. The number of hydrogen-bond acceptors (Lipinski definition) is 3. The summed E-state index contributed by atoms with van der Waals surface area (Å²) < 4.78 is 0. The number of carbonyl (C=O) groups is 2. The molecule has 1 rings (SSSR count). The van der Waals surface area contributed by atoms with E-state index in [1.54, 1.807) is 6.92 Å². The Labute approximate surface area is 78.9 Å². The van der Waals surface area contributed by atoms with Crippen LogP contribution in [0.5, 0.6) is 0 Å². The van der Waals surface area contributed by atoms with Crippen LogP contribution in [0.2, 0.25) is 0 Å². The van der Waals surface area contributed by atoms with E-state index in [2.05, 4.69) is 10.2 Å². The number of allylic oxidation sites excluding steroid dienone is 1. The van der Waals surface area contributed by atoms with Crippen LogP contribution in [-0.4, -0.2) is 32.3 Å². The lowest BCUT2D eigenvalue weighted by molar-refractivity contribution is -0.131. The lowest BCUT2D eigenvalue weighted by atomic mass is 10.2. The molecule has 3 N–H and O–H groups in total. The molecule has 74 valence electrons. The van der Waals surface area contributed by atoms with Gasteiger partial charge in [-0.3, -0.25) is 5.10 Å². The summed E-state index contributed by atoms with van der Waals surface area (Å²) in [7, 11) is 0. The van der Waals surface area contributed by atoms with Gasteiger partial charge in [-0.1, -0.05) is 0 Å². The second-order valence-electron chi connectivity index (χ2n) is 2.64. The fraction of sp³-hybridized carbons (Fsp3) is 0.125. The highest BCUT2D eigenvalue weighted by Gasteiger charge is 2.09. The largest absolute Gasteiger partial charge is 0.478 e. The molecule has 0 saturated heterocycles. The van der Waals surface area contributed by atoms with E-state index in [9.17, 15) is 9.59 Å². The molecule has 1 aromatic heterocycles. The number of aromatic amines is 1. The van der Waals surface area contributed by atoms with Crippen LogP contribution in [0.3, 0.4) is 0 Å². The molecule has 0 bridgehead atoms. The Bertz CT molecular complexity index is 405. The van der Waals surface area contributed by atoms with Gasteiger partial charge >= 0.3 is 11.9 Å². The molecular weight excluding hydrogens is 188 g/mol. The van der Waals surface area contributed by atoms with Crippen molar-refractivity contribution in [1.29, 1.82) is 0 Å². The van der Waals surface area contributed by atoms with Gasteiger partial charge < -0.3 is 10.2 Å². The van der Waals surface area contributed by atoms with Crippen LogP contribution in [0.1, 0.15) is 23.1 Å². The third-order valence-corrected chi connectivity index (χ3v) is 1.56. The standard InChI is InChI=1S/C8H8N2O4/c1-4(2-7(11)12)5-3-6(8(13)14)10-9-5/h2-3H,1H3,(H,9,10)(H,11,12)(H,13,14)/b4-2-. The van der Waals surface area contributed by atoms with Gasteiger partial charge in [0.1, 0.15) is 0 Å². The van der Waals surface area contributed by atoms with Gasteiger partial charge in [-0.25, -0.2) is 9.59 Å². The first-order valence-electron chi connectivity index (χ1n) is 3.71. The average molecular weight is 196 g/mol. The molecule has 0 unspecified atom stereocenters. The zero-order valence-corrected chi connectivity index (χ0v) is 7.31. The zero-order chi connectivity index (χ0) is 10.7. The van der Waals surface area contributed by atoms with E-state index in [0.717, 1.165) is 6.08 Å². The van der Waals surface area contributed by atoms with Crippen LogP contribution in [0.4, 0.5) is 0 Å². The van der Waals surface area contributed by atoms with Crippen molar-refractivity contribution in [3.8, 4) is 0 Å². The fourth-order valence-electron chi connectivity index (χ4n) is 0.896. The predicted molar refractivity (Wildman–Crippen MR) is 46.8 cm³/mol. The summed E-state index contributed by atoms with van der Waals surface area (Å²) in [5.41, 5.74) is 0.653. The molecule has 0 aliphatic heterocycles. The molecule has 0 aliphatic rings. The lowest BCUT2D eigenvalue weighted by Crippen LogP contribution is -1.95. The number of carboxylic acid groups (broad SMARTS) is 2. The van der Waals surface area contributed by atoms with E-state index in [4.69, 9.17) is 10.2 Å². The Balaban J connectivity index is 2.97. The van der Waals surface area contributed by atoms with Gasteiger partial charge in [0.15, 0.2) is 5.69 Å². The summed E-state index contributed by atoms with van der Waals surface area (Å²) in [6.45, 7) is 1.55. The van der Waals surface area contributed by atoms with Crippen molar-refractivity contribution in [3.05, 3.63) is 23.5 Å². The minimum atomic E-state index is -1.16. The SMILES string of the molecule is C/C(=C/C(=O)O)c1cc(C(=O)O)n[nH]1. The van der Waals surface area contributed by atoms with Gasteiger partial charge in [0.25, 0.3) is 0 Å². The van der Waals surface area contributed by atoms with Crippen molar-refractivity contribution < 1.29 is 19.8 Å². The van der Waals surface area contributed by atoms with E-state index >= 15 is 0 Å². The molecular formula is C8H8N2O4. The highest BCUT2D eigenvalue weighted by Crippen LogP contribution is 2.11. The monoisotopic (exact) mass is 196 g/mol. The van der Waals surface area contributed by atoms with Gasteiger partial charge in [-0.05, 0) is 18.6 Å². The van der Waals surface area contributed by atoms with Crippen molar-refractivity contribution in [1.82, 2.24) is 10.2 Å². The topological polar surface area (TPSA) is 103 Å². The molecule has 6 nitrogen and oxygen atoms in total. The van der Waals surface area contributed by atoms with Crippen molar-refractivity contribution in [2.45, 2.75) is 6.92 Å². The van der Waals surface area contributed by atoms with Gasteiger partial charge in [-0.2, -0.15) is 5.10 Å². The summed E-state index contributed by atoms with van der Waals surface area (Å²) in [4.78, 5) is 20.7. The van der Waals surface area contributed by atoms with Crippen molar-refractivity contribution in [2.75, 3.05) is 0 Å². The van der Waals surface area contributed by atoms with Crippen LogP contribution in [0.25, 0.3) is 5.57 Å². The molecule has 6 heteroatoms. The number of H-pyrrole nitrogens is 1. The lowest BCUT2D eigenvalue weighted by Gasteiger charge is -1.91. The molecule has 0 fully saturated rings. The number of aliphatic carboxylic acids is 1. The highest BCUT2D eigenvalue weighted by atomic mass is 16.4. The van der Waals surface area contributed by atoms with Crippen LogP contribution < -0.4 is 0 Å². The van der Waals surface area contributed by atoms with E-state index < -0.39 is 11.9 Å². The van der Waals surface area contributed by atoms with E-state index in [1.165, 1.54) is 6.07 Å². The second kappa shape index (κ2) is 3.73. The Morgan fingerprint density at radius 3 is 2.57 bits per heavy atom. The maximum absolute atomic E-state index is 10.4. The zero-order valence-electron chi connectivity index (χ0n) is 7.31. The summed E-state index contributed by atoms with van der Waals surface area (Å²) in [6.07, 6.45) is 0.971. The normalized spacial score (nSPS) is 11.4. The molecule has 1 heterocycles. The van der Waals surface area contributed by atoms with Crippen molar-refractivity contribution in [2.24, 2.45) is 0 Å². The number of aromatic nitrogens is 2. The van der Waals surface area contributed by atoms with E-state index in [-0.39, 0.29) is 5.69 Å². The Hall–Kier alpha value is -2.11. The number of nitrogens with one attached hydrogen (secondary N) is 1. The van der Waals surface area contributed by atoms with Crippen LogP contribution in [-0.2, 0) is 4.79 Å². The second-order valence-corrected chi connectivity index (χ2v) is 2.64. The molecule has 1 aromatic rings. The minimum absolute atomic E-state index is 0.141. The minimum Gasteiger partial charge on any atom is -0.478 e. The predicted octanol–water partition coefficient (Wildman–Crippen LogP) is 0.596. The molecule has 0 atom stereocenters. The summed E-state index contributed by atoms with van der Waals surface area (Å²) in [5.74, 6) is -2.25. The molecule has 0 radical (unpaired) electrons. The molecule has 0 saturated carbocycles. The third kappa shape index (κ3) is 2.19. The first-order chi connectivity index (χ1) is 6.50. The van der Waals surface area contributed by atoms with Gasteiger partial charge in [0.2, 0.25) is 0 Å². The molecule has 0 amide bonds. The highest BCUT2D eigenvalue weighted by molar-refractivity contribution is 5.90. The quantitative estimate of drug-likeness (QED) is 0.614. The van der Waals surface area contributed by atoms with E-state index in [0.29, 0.717) is 11.3 Å². The average Bonchev–Trinajstić information content (AvgIpc) is 2.50. The van der Waals surface area contributed by atoms with Crippen LogP contribution in [0, 0.1) is 0 Å². The van der Waals surface area contributed by atoms with Gasteiger partial charge in [0.05, 0.1) is 5.69 Å². The Kier molecular flexibility index (Phi) is 2.66. The third-order valence-electron chi connectivity index (χ3n) is 1.56. The Morgan fingerprint density at radius 1 is 1.50 bits per heavy atom. The number of aromatic carboxylic acids is 1. The van der Waals surface area contributed by atoms with Crippen molar-refractivity contribution in [3.63, 3.8) is 0 Å². The first kappa shape index (κ1) is 9.97. The number of rotatable bonds is 3. The molecule has 14 heavy (non-hydrogen) atoms. The summed E-state index contributed by atoms with van der Waals surface area (Å²) in [6, 6.07) is 1.27. The van der Waals surface area contributed by atoms with Crippen molar-refractivity contribution >= 4 is 17.5 Å². The Morgan fingerprint density at radius 2 is 2.14 bits per heavy atom. The maximum atomic E-state index is 10.4. The van der Waals surface area contributed by atoms with Crippen LogP contribution in [0.15, 0.2) is 12.1 Å². The van der Waals surface area contributed by atoms with Crippen LogP contribution >= 0.6 is 0 Å².